The Labute approximate surface area is 132 Å². The lowest BCUT2D eigenvalue weighted by Crippen LogP contribution is -2.38. The molecule has 3 rings (SSSR count). The number of benzene rings is 1. The number of fused-ring (bicyclic) bond motifs is 1. The normalized spacial score (nSPS) is 17.1. The first-order chi connectivity index (χ1) is 10.2. The summed E-state index contributed by atoms with van der Waals surface area (Å²) in [6.45, 7) is 0.451. The molecule has 2 amide bonds. The Morgan fingerprint density at radius 1 is 1.43 bits per heavy atom. The minimum absolute atomic E-state index is 0.00398. The number of nitrogens with one attached hydrogen (secondary N) is 2. The summed E-state index contributed by atoms with van der Waals surface area (Å²) in [4.78, 5) is 13.2. The van der Waals surface area contributed by atoms with Crippen molar-refractivity contribution in [1.29, 1.82) is 0 Å². The van der Waals surface area contributed by atoms with Crippen molar-refractivity contribution in [3.8, 4) is 0 Å². The number of rotatable bonds is 3. The van der Waals surface area contributed by atoms with E-state index >= 15 is 0 Å². The number of carbonyl (C=O) groups is 1. The number of furan rings is 1. The van der Waals surface area contributed by atoms with Gasteiger partial charge in [-0.1, -0.05) is 11.6 Å². The molecule has 1 atom stereocenters. The first-order valence-corrected chi connectivity index (χ1v) is 8.06. The van der Waals surface area contributed by atoms with Gasteiger partial charge in [0.25, 0.3) is 0 Å². The molecule has 1 unspecified atom stereocenters. The molecule has 1 aromatic heterocycles. The molecule has 1 aromatic carbocycles. The van der Waals surface area contributed by atoms with Gasteiger partial charge >= 0.3 is 6.03 Å². The number of hydrogen-bond donors (Lipinski definition) is 2. The van der Waals surface area contributed by atoms with Gasteiger partial charge in [0, 0.05) is 27.8 Å². The first kappa shape index (κ1) is 14.4. The molecule has 2 N–H and O–H groups in total. The topological polar surface area (TPSA) is 54.3 Å². The van der Waals surface area contributed by atoms with Crippen LogP contribution in [0.5, 0.6) is 0 Å². The van der Waals surface area contributed by atoms with E-state index in [1.807, 2.05) is 24.3 Å². The van der Waals surface area contributed by atoms with Gasteiger partial charge in [-0.25, -0.2) is 4.79 Å². The maximum Gasteiger partial charge on any atom is 0.315 e. The summed E-state index contributed by atoms with van der Waals surface area (Å²) in [6.07, 6.45) is 4.11. The number of halogens is 1. The maximum absolute atomic E-state index is 12.0. The molecular weight excluding hydrogens is 308 g/mol. The lowest BCUT2D eigenvalue weighted by atomic mass is 10.0. The zero-order valence-electron chi connectivity index (χ0n) is 11.3. The molecule has 6 heteroatoms. The Bertz CT molecular complexity index is 631. The monoisotopic (exact) mass is 322 g/mol. The molecule has 21 heavy (non-hydrogen) atoms. The fraction of sp³-hybridized carbons (Fsp3) is 0.267. The van der Waals surface area contributed by atoms with E-state index in [9.17, 15) is 4.79 Å². The summed E-state index contributed by atoms with van der Waals surface area (Å²) < 4.78 is 4.97. The van der Waals surface area contributed by atoms with Gasteiger partial charge in [-0.05, 0) is 36.2 Å². The SMILES string of the molecule is O=C(NCc1ccoc1)NC1CCSc2ccc(Cl)cc21. The quantitative estimate of drug-likeness (QED) is 0.899. The van der Waals surface area contributed by atoms with Crippen LogP contribution in [0.1, 0.15) is 23.6 Å². The van der Waals surface area contributed by atoms with Crippen LogP contribution in [0.25, 0.3) is 0 Å². The van der Waals surface area contributed by atoms with Crippen molar-refractivity contribution in [2.75, 3.05) is 5.75 Å². The minimum atomic E-state index is -0.181. The zero-order valence-corrected chi connectivity index (χ0v) is 12.8. The van der Waals surface area contributed by atoms with Crippen molar-refractivity contribution < 1.29 is 9.21 Å². The van der Waals surface area contributed by atoms with Crippen molar-refractivity contribution in [2.24, 2.45) is 0 Å². The Balaban J connectivity index is 1.63. The number of amides is 2. The van der Waals surface area contributed by atoms with Crippen LogP contribution in [0.3, 0.4) is 0 Å². The number of hydrogen-bond acceptors (Lipinski definition) is 3. The largest absolute Gasteiger partial charge is 0.472 e. The van der Waals surface area contributed by atoms with E-state index in [-0.39, 0.29) is 12.1 Å². The van der Waals surface area contributed by atoms with Crippen LogP contribution in [0, 0.1) is 0 Å². The summed E-state index contributed by atoms with van der Waals surface area (Å²) >= 11 is 7.86. The summed E-state index contributed by atoms with van der Waals surface area (Å²) in [5.74, 6) is 0.987. The van der Waals surface area contributed by atoms with E-state index in [1.54, 1.807) is 24.3 Å². The van der Waals surface area contributed by atoms with Gasteiger partial charge in [0.15, 0.2) is 0 Å². The van der Waals surface area contributed by atoms with Crippen LogP contribution in [-0.2, 0) is 6.54 Å². The molecule has 0 spiro atoms. The van der Waals surface area contributed by atoms with Gasteiger partial charge in [-0.2, -0.15) is 0 Å². The molecule has 0 saturated carbocycles. The molecule has 0 fully saturated rings. The fourth-order valence-electron chi connectivity index (χ4n) is 2.30. The predicted octanol–water partition coefficient (Wildman–Crippen LogP) is 3.97. The molecule has 1 aliphatic heterocycles. The van der Waals surface area contributed by atoms with Crippen LogP contribution >= 0.6 is 23.4 Å². The highest BCUT2D eigenvalue weighted by molar-refractivity contribution is 7.99. The molecule has 0 aliphatic carbocycles. The van der Waals surface area contributed by atoms with Gasteiger partial charge < -0.3 is 15.1 Å². The van der Waals surface area contributed by atoms with Crippen molar-refractivity contribution >= 4 is 29.4 Å². The van der Waals surface area contributed by atoms with Crippen LogP contribution in [0.2, 0.25) is 5.02 Å². The Kier molecular flexibility index (Phi) is 4.41. The Hall–Kier alpha value is -1.59. The first-order valence-electron chi connectivity index (χ1n) is 6.70. The number of carbonyl (C=O) groups excluding carboxylic acids is 1. The molecule has 2 heterocycles. The fourth-order valence-corrected chi connectivity index (χ4v) is 3.59. The highest BCUT2D eigenvalue weighted by Crippen LogP contribution is 2.37. The van der Waals surface area contributed by atoms with E-state index < -0.39 is 0 Å². The Morgan fingerprint density at radius 2 is 2.33 bits per heavy atom. The summed E-state index contributed by atoms with van der Waals surface area (Å²) in [7, 11) is 0. The summed E-state index contributed by atoms with van der Waals surface area (Å²) in [5.41, 5.74) is 2.03. The second-order valence-electron chi connectivity index (χ2n) is 4.83. The lowest BCUT2D eigenvalue weighted by Gasteiger charge is -2.26. The average Bonchev–Trinajstić information content (AvgIpc) is 2.99. The average molecular weight is 323 g/mol. The lowest BCUT2D eigenvalue weighted by molar-refractivity contribution is 0.236. The van der Waals surface area contributed by atoms with E-state index in [0.717, 1.165) is 23.3 Å². The van der Waals surface area contributed by atoms with Crippen molar-refractivity contribution in [1.82, 2.24) is 10.6 Å². The van der Waals surface area contributed by atoms with Crippen LogP contribution in [-0.4, -0.2) is 11.8 Å². The number of urea groups is 1. The highest BCUT2D eigenvalue weighted by Gasteiger charge is 2.22. The molecule has 2 aromatic rings. The highest BCUT2D eigenvalue weighted by atomic mass is 35.5. The Morgan fingerprint density at radius 3 is 3.14 bits per heavy atom. The zero-order chi connectivity index (χ0) is 14.7. The van der Waals surface area contributed by atoms with Gasteiger partial charge in [-0.15, -0.1) is 11.8 Å². The van der Waals surface area contributed by atoms with Crippen LogP contribution in [0.4, 0.5) is 4.79 Å². The molecule has 1 aliphatic rings. The van der Waals surface area contributed by atoms with Gasteiger partial charge in [0.05, 0.1) is 18.6 Å². The third-order valence-electron chi connectivity index (χ3n) is 3.35. The minimum Gasteiger partial charge on any atom is -0.472 e. The van der Waals surface area contributed by atoms with E-state index in [0.29, 0.717) is 11.6 Å². The standard InChI is InChI=1S/C15H15ClN2O2S/c16-11-1-2-14-12(7-11)13(4-6-21-14)18-15(19)17-8-10-3-5-20-9-10/h1-3,5,7,9,13H,4,6,8H2,(H2,17,18,19). The second-order valence-corrected chi connectivity index (χ2v) is 6.40. The van der Waals surface area contributed by atoms with Crippen molar-refractivity contribution in [3.05, 3.63) is 52.9 Å². The van der Waals surface area contributed by atoms with Crippen molar-refractivity contribution in [3.63, 3.8) is 0 Å². The third kappa shape index (κ3) is 3.54. The van der Waals surface area contributed by atoms with Crippen molar-refractivity contribution in [2.45, 2.75) is 23.9 Å². The third-order valence-corrected chi connectivity index (χ3v) is 4.71. The van der Waals surface area contributed by atoms with E-state index in [2.05, 4.69) is 10.6 Å². The van der Waals surface area contributed by atoms with Crippen LogP contribution in [0.15, 0.2) is 46.1 Å². The van der Waals surface area contributed by atoms with Gasteiger partial charge in [0.2, 0.25) is 0 Å². The van der Waals surface area contributed by atoms with E-state index in [1.165, 1.54) is 4.90 Å². The molecule has 110 valence electrons. The second kappa shape index (κ2) is 6.45. The van der Waals surface area contributed by atoms with Gasteiger partial charge in [0.1, 0.15) is 0 Å². The smallest absolute Gasteiger partial charge is 0.315 e. The molecule has 0 saturated heterocycles. The van der Waals surface area contributed by atoms with E-state index in [4.69, 9.17) is 16.0 Å². The maximum atomic E-state index is 12.0. The van der Waals surface area contributed by atoms with Crippen LogP contribution < -0.4 is 10.6 Å². The number of thioether (sulfide) groups is 1. The predicted molar refractivity (Wildman–Crippen MR) is 83.6 cm³/mol. The molecular formula is C15H15ClN2O2S. The summed E-state index contributed by atoms with van der Waals surface area (Å²) in [5, 5.41) is 6.54. The molecule has 4 nitrogen and oxygen atoms in total. The molecule has 0 bridgehead atoms. The van der Waals surface area contributed by atoms with Gasteiger partial charge in [-0.3, -0.25) is 0 Å². The summed E-state index contributed by atoms with van der Waals surface area (Å²) in [6, 6.07) is 7.48. The molecule has 0 radical (unpaired) electrons.